The summed E-state index contributed by atoms with van der Waals surface area (Å²) in [5.41, 5.74) is 2.53. The number of piperidine rings is 1. The molecule has 2 N–H and O–H groups in total. The first-order valence-electron chi connectivity index (χ1n) is 19.1. The number of pyridine rings is 1. The third-order valence-corrected chi connectivity index (χ3v) is 10.7. The first-order valence-corrected chi connectivity index (χ1v) is 19.1. The van der Waals surface area contributed by atoms with Crippen molar-refractivity contribution in [3.05, 3.63) is 94.3 Å². The molecule has 1 saturated heterocycles. The molecule has 58 heavy (non-hydrogen) atoms. The van der Waals surface area contributed by atoms with E-state index in [2.05, 4.69) is 15.6 Å². The van der Waals surface area contributed by atoms with Crippen LogP contribution < -0.4 is 20.1 Å². The van der Waals surface area contributed by atoms with Gasteiger partial charge in [-0.2, -0.15) is 13.2 Å². The lowest BCUT2D eigenvalue weighted by Gasteiger charge is -2.28. The molecule has 2 aromatic carbocycles. The van der Waals surface area contributed by atoms with E-state index in [1.807, 2.05) is 24.3 Å². The van der Waals surface area contributed by atoms with Crippen molar-refractivity contribution in [2.24, 2.45) is 11.8 Å². The van der Waals surface area contributed by atoms with E-state index in [1.165, 1.54) is 25.4 Å². The molecule has 0 radical (unpaired) electrons. The van der Waals surface area contributed by atoms with E-state index in [0.29, 0.717) is 42.9 Å². The fourth-order valence-corrected chi connectivity index (χ4v) is 7.35. The zero-order valence-electron chi connectivity index (χ0n) is 32.1. The predicted octanol–water partition coefficient (Wildman–Crippen LogP) is 5.27. The van der Waals surface area contributed by atoms with Crippen LogP contribution in [-0.2, 0) is 27.3 Å². The molecule has 3 aliphatic rings. The predicted molar refractivity (Wildman–Crippen MR) is 204 cm³/mol. The van der Waals surface area contributed by atoms with Crippen LogP contribution in [0, 0.1) is 11.8 Å². The summed E-state index contributed by atoms with van der Waals surface area (Å²) in [6, 6.07) is 12.3. The van der Waals surface area contributed by atoms with Gasteiger partial charge >= 0.3 is 6.18 Å². The van der Waals surface area contributed by atoms with Crippen LogP contribution >= 0.6 is 0 Å². The standard InChI is InChI=1S/C42H44F3N5O8/c1-49(17-4-18-58-30-13-14-31-32(22-30)41(56)50(40(31)55)34-15-16-36(51)48-39(34)54)37(52)20-26-5-3-6-27(19-26)23-47-38(53)33-21-28(35(57-2)24-46-33)10-7-25-8-11-29(12-9-25)42(43,44)45/h3,5-7,10,13-14,19,21-22,24-25,29,34H,4,8-9,11-12,15-18,20,23H2,1-2H3,(H,47,53)(H,48,51,54)/b10-7+. The molecule has 2 fully saturated rings. The maximum Gasteiger partial charge on any atom is 0.391 e. The minimum Gasteiger partial charge on any atom is -0.495 e. The van der Waals surface area contributed by atoms with E-state index in [4.69, 9.17) is 9.47 Å². The van der Waals surface area contributed by atoms with Crippen molar-refractivity contribution in [1.82, 2.24) is 25.4 Å². The van der Waals surface area contributed by atoms with E-state index < -0.39 is 47.7 Å². The number of fused-ring (bicyclic) bond motifs is 1. The Morgan fingerprint density at radius 2 is 1.72 bits per heavy atom. The summed E-state index contributed by atoms with van der Waals surface area (Å²) in [5.74, 6) is -3.40. The van der Waals surface area contributed by atoms with Gasteiger partial charge in [0.2, 0.25) is 17.7 Å². The summed E-state index contributed by atoms with van der Waals surface area (Å²) >= 11 is 0. The van der Waals surface area contributed by atoms with Gasteiger partial charge in [0.05, 0.1) is 43.4 Å². The second kappa shape index (κ2) is 18.0. The van der Waals surface area contributed by atoms with Gasteiger partial charge in [0, 0.05) is 32.1 Å². The summed E-state index contributed by atoms with van der Waals surface area (Å²) in [6.45, 7) is 0.774. The molecule has 306 valence electrons. The maximum atomic E-state index is 13.1. The van der Waals surface area contributed by atoms with Gasteiger partial charge in [0.25, 0.3) is 17.7 Å². The smallest absolute Gasteiger partial charge is 0.391 e. The van der Waals surface area contributed by atoms with E-state index in [-0.39, 0.29) is 73.9 Å². The number of imide groups is 2. The molecule has 0 bridgehead atoms. The molecule has 1 aromatic heterocycles. The number of alkyl halides is 3. The van der Waals surface area contributed by atoms with E-state index in [0.717, 1.165) is 16.0 Å². The molecule has 1 atom stereocenters. The first kappa shape index (κ1) is 41.6. The Kier molecular flexibility index (Phi) is 12.9. The summed E-state index contributed by atoms with van der Waals surface area (Å²) in [7, 11) is 3.15. The molecule has 1 unspecified atom stereocenters. The minimum absolute atomic E-state index is 0.00380. The highest BCUT2D eigenvalue weighted by Crippen LogP contribution is 2.40. The number of rotatable bonds is 14. The van der Waals surface area contributed by atoms with Gasteiger partial charge in [-0.05, 0) is 79.8 Å². The molecule has 3 aromatic rings. The number of halogens is 3. The van der Waals surface area contributed by atoms with Crippen LogP contribution in [0.3, 0.4) is 0 Å². The number of hydrogen-bond acceptors (Lipinski definition) is 9. The highest BCUT2D eigenvalue weighted by atomic mass is 19.4. The number of allylic oxidation sites excluding steroid dienone is 1. The van der Waals surface area contributed by atoms with Crippen molar-refractivity contribution >= 4 is 41.5 Å². The van der Waals surface area contributed by atoms with Crippen molar-refractivity contribution in [3.63, 3.8) is 0 Å². The monoisotopic (exact) mass is 803 g/mol. The van der Waals surface area contributed by atoms with Crippen LogP contribution in [0.25, 0.3) is 6.08 Å². The zero-order chi connectivity index (χ0) is 41.6. The van der Waals surface area contributed by atoms with Crippen molar-refractivity contribution in [2.75, 3.05) is 27.3 Å². The number of ether oxygens (including phenoxy) is 2. The van der Waals surface area contributed by atoms with Gasteiger partial charge in [-0.15, -0.1) is 0 Å². The molecule has 16 heteroatoms. The summed E-state index contributed by atoms with van der Waals surface area (Å²) in [6.07, 6.45) is 2.64. The Balaban J connectivity index is 0.948. The number of amides is 6. The Morgan fingerprint density at radius 1 is 0.983 bits per heavy atom. The van der Waals surface area contributed by atoms with Crippen LogP contribution in [-0.4, -0.2) is 89.8 Å². The Labute approximate surface area is 332 Å². The van der Waals surface area contributed by atoms with Gasteiger partial charge in [-0.25, -0.2) is 4.98 Å². The third-order valence-electron chi connectivity index (χ3n) is 10.7. The fraction of sp³-hybridized carbons (Fsp3) is 0.405. The lowest BCUT2D eigenvalue weighted by molar-refractivity contribution is -0.183. The molecule has 3 heterocycles. The fourth-order valence-electron chi connectivity index (χ4n) is 7.35. The number of nitrogens with zero attached hydrogens (tertiary/aromatic N) is 3. The summed E-state index contributed by atoms with van der Waals surface area (Å²) in [4.78, 5) is 82.7. The molecular formula is C42H44F3N5O8. The zero-order valence-corrected chi connectivity index (χ0v) is 32.1. The van der Waals surface area contributed by atoms with Gasteiger partial charge in [-0.1, -0.05) is 36.4 Å². The van der Waals surface area contributed by atoms with Gasteiger partial charge in [-0.3, -0.25) is 39.0 Å². The number of aromatic nitrogens is 1. The normalized spacial score (nSPS) is 19.5. The minimum atomic E-state index is -4.17. The largest absolute Gasteiger partial charge is 0.495 e. The van der Waals surface area contributed by atoms with Crippen molar-refractivity contribution < 1.29 is 51.4 Å². The van der Waals surface area contributed by atoms with Crippen LogP contribution in [0.4, 0.5) is 13.2 Å². The Hall–Kier alpha value is -6.06. The van der Waals surface area contributed by atoms with Gasteiger partial charge in [0.15, 0.2) is 0 Å². The van der Waals surface area contributed by atoms with Crippen molar-refractivity contribution in [3.8, 4) is 11.5 Å². The SMILES string of the molecule is COc1cnc(C(=O)NCc2cccc(CC(=O)N(C)CCCOc3ccc4c(c3)C(=O)N(C3CCC(=O)NC3=O)C4=O)c2)cc1/C=C/C1CCC(C(F)(F)F)CC1. The number of benzene rings is 2. The van der Waals surface area contributed by atoms with Crippen LogP contribution in [0.1, 0.15) is 92.8 Å². The van der Waals surface area contributed by atoms with Crippen LogP contribution in [0.2, 0.25) is 0 Å². The quantitative estimate of drug-likeness (QED) is 0.163. The van der Waals surface area contributed by atoms with Gasteiger partial charge in [0.1, 0.15) is 23.2 Å². The average molecular weight is 804 g/mol. The van der Waals surface area contributed by atoms with Gasteiger partial charge < -0.3 is 19.7 Å². The number of nitrogens with one attached hydrogen (secondary N) is 2. The average Bonchev–Trinajstić information content (AvgIpc) is 3.45. The van der Waals surface area contributed by atoms with Crippen LogP contribution in [0.5, 0.6) is 11.5 Å². The number of carbonyl (C=O) groups is 6. The molecular weight excluding hydrogens is 759 g/mol. The highest BCUT2D eigenvalue weighted by molar-refractivity contribution is 6.23. The van der Waals surface area contributed by atoms with Crippen LogP contribution in [0.15, 0.2) is 60.8 Å². The third kappa shape index (κ3) is 9.90. The molecule has 1 aliphatic carbocycles. The topological polar surface area (TPSA) is 164 Å². The molecule has 6 amide bonds. The number of methoxy groups -OCH3 is 1. The second-order valence-electron chi connectivity index (χ2n) is 14.7. The molecule has 2 aliphatic heterocycles. The molecule has 13 nitrogen and oxygen atoms in total. The maximum absolute atomic E-state index is 13.1. The summed E-state index contributed by atoms with van der Waals surface area (Å²) < 4.78 is 50.4. The Bertz CT molecular complexity index is 2110. The number of hydrogen-bond donors (Lipinski definition) is 2. The van der Waals surface area contributed by atoms with Crippen molar-refractivity contribution in [2.45, 2.75) is 70.1 Å². The molecule has 6 rings (SSSR count). The van der Waals surface area contributed by atoms with E-state index in [1.54, 1.807) is 36.2 Å². The lowest BCUT2D eigenvalue weighted by atomic mass is 9.81. The summed E-state index contributed by atoms with van der Waals surface area (Å²) in [5, 5.41) is 5.02. The van der Waals surface area contributed by atoms with Crippen molar-refractivity contribution in [1.29, 1.82) is 0 Å². The number of likely N-dealkylation sites (N-methyl/N-ethyl adjacent to an activating group) is 1. The lowest BCUT2D eigenvalue weighted by Crippen LogP contribution is -2.54. The highest BCUT2D eigenvalue weighted by Gasteiger charge is 2.45. The van der Waals surface area contributed by atoms with E-state index in [9.17, 15) is 41.9 Å². The Morgan fingerprint density at radius 3 is 2.45 bits per heavy atom. The number of carbonyl (C=O) groups excluding carboxylic acids is 6. The second-order valence-corrected chi connectivity index (χ2v) is 14.7. The molecule has 1 saturated carbocycles. The van der Waals surface area contributed by atoms with E-state index >= 15 is 0 Å². The first-order chi connectivity index (χ1) is 27.7. The molecule has 0 spiro atoms.